The largest absolute Gasteiger partial charge is 0.390 e. The summed E-state index contributed by atoms with van der Waals surface area (Å²) in [6, 6.07) is 12.0. The third-order valence-corrected chi connectivity index (χ3v) is 8.70. The van der Waals surface area contributed by atoms with Gasteiger partial charge in [0, 0.05) is 24.1 Å². The fraction of sp³-hybridized carbons (Fsp3) is 0.516. The van der Waals surface area contributed by atoms with Gasteiger partial charge in [0.15, 0.2) is 0 Å². The number of rotatable bonds is 6. The smallest absolute Gasteiger partial charge is 0.280 e. The first-order valence-electron chi connectivity index (χ1n) is 14.1. The lowest BCUT2D eigenvalue weighted by molar-refractivity contribution is -0.121. The van der Waals surface area contributed by atoms with Gasteiger partial charge in [-0.05, 0) is 114 Å². The van der Waals surface area contributed by atoms with Crippen LogP contribution in [0.25, 0.3) is 11.0 Å². The standard InChI is InChI=1S/C31H39FN4O3/c1-20(37)22-8-10-26(11-9-22)36-28-17-21(19-35-15-13-24(14-16-35)31(2,3)39)7-12-27(28)33-30(36)34-29(38)23-5-4-6-25(32)18-23/h4-7,12,17-18,22,24,26,39H,8-11,13-16,19H2,1-3H3,(H,33,34,38)/t22-,26+. The number of hydrogen-bond donors (Lipinski definition) is 2. The molecule has 1 aliphatic carbocycles. The van der Waals surface area contributed by atoms with Crippen LogP contribution in [0.2, 0.25) is 0 Å². The van der Waals surface area contributed by atoms with E-state index in [1.54, 1.807) is 13.0 Å². The van der Waals surface area contributed by atoms with Crippen LogP contribution in [0.3, 0.4) is 0 Å². The topological polar surface area (TPSA) is 90.7 Å². The first-order chi connectivity index (χ1) is 18.6. The van der Waals surface area contributed by atoms with Crippen molar-refractivity contribution in [3.63, 3.8) is 0 Å². The first kappa shape index (κ1) is 27.5. The maximum absolute atomic E-state index is 13.8. The summed E-state index contributed by atoms with van der Waals surface area (Å²) >= 11 is 0. The second-order valence-electron chi connectivity index (χ2n) is 11.9. The minimum Gasteiger partial charge on any atom is -0.390 e. The fourth-order valence-electron chi connectivity index (χ4n) is 6.31. The Bertz CT molecular complexity index is 1420. The molecule has 2 fully saturated rings. The highest BCUT2D eigenvalue weighted by Crippen LogP contribution is 2.34. The number of nitrogens with one attached hydrogen (secondary N) is 1. The normalized spacial score (nSPS) is 21.9. The number of halogens is 1. The third kappa shape index (κ3) is 6.23. The Kier molecular flexibility index (Phi) is 7.87. The van der Waals surface area contributed by atoms with E-state index in [-0.39, 0.29) is 23.3 Å². The van der Waals surface area contributed by atoms with E-state index in [2.05, 4.69) is 31.6 Å². The summed E-state index contributed by atoms with van der Waals surface area (Å²) in [5, 5.41) is 10.4. The van der Waals surface area contributed by atoms with Gasteiger partial charge in [-0.25, -0.2) is 4.39 Å². The van der Waals surface area contributed by atoms with Gasteiger partial charge in [0.05, 0.1) is 16.6 Å². The van der Waals surface area contributed by atoms with Crippen LogP contribution < -0.4 is 5.62 Å². The van der Waals surface area contributed by atoms with E-state index in [1.165, 1.54) is 23.8 Å². The molecule has 208 valence electrons. The molecule has 0 bridgehead atoms. The van der Waals surface area contributed by atoms with E-state index in [0.29, 0.717) is 11.5 Å². The number of carbonyl (C=O) groups excluding carboxylic acids is 2. The molecule has 0 unspecified atom stereocenters. The van der Waals surface area contributed by atoms with Crippen molar-refractivity contribution in [1.82, 2.24) is 14.5 Å². The number of imidazole rings is 1. The van der Waals surface area contributed by atoms with Gasteiger partial charge in [0.25, 0.3) is 5.91 Å². The molecule has 7 nitrogen and oxygen atoms in total. The van der Waals surface area contributed by atoms with Crippen LogP contribution in [0, 0.1) is 17.7 Å². The summed E-state index contributed by atoms with van der Waals surface area (Å²) in [6.45, 7) is 8.16. The number of carbonyl (C=O) groups is 2. The van der Waals surface area contributed by atoms with E-state index < -0.39 is 17.3 Å². The van der Waals surface area contributed by atoms with Crippen LogP contribution in [0.1, 0.15) is 81.3 Å². The van der Waals surface area contributed by atoms with Crippen molar-refractivity contribution in [2.75, 3.05) is 13.1 Å². The van der Waals surface area contributed by atoms with E-state index in [0.717, 1.165) is 69.2 Å². The number of nitrogens with zero attached hydrogens (tertiary/aromatic N) is 3. The number of benzene rings is 2. The zero-order valence-corrected chi connectivity index (χ0v) is 23.1. The zero-order chi connectivity index (χ0) is 27.7. The number of likely N-dealkylation sites (tertiary alicyclic amines) is 1. The molecule has 39 heavy (non-hydrogen) atoms. The molecule has 1 aliphatic heterocycles. The SMILES string of the molecule is CC(=O)[C@H]1CC[C@@H](n2/c(=N/C(=O)c3cccc(F)c3)[nH]c3ccc(CN4CCC(C(C)(C)O)CC4)cc32)CC1. The van der Waals surface area contributed by atoms with Crippen LogP contribution in [0.4, 0.5) is 4.39 Å². The van der Waals surface area contributed by atoms with Gasteiger partial charge in [-0.15, -0.1) is 0 Å². The summed E-state index contributed by atoms with van der Waals surface area (Å²) in [5.74, 6) is -0.336. The maximum atomic E-state index is 13.8. The van der Waals surface area contributed by atoms with Crippen molar-refractivity contribution in [2.24, 2.45) is 16.8 Å². The summed E-state index contributed by atoms with van der Waals surface area (Å²) in [5.41, 5.74) is 3.06. The molecular formula is C31H39FN4O3. The molecule has 1 saturated carbocycles. The highest BCUT2D eigenvalue weighted by atomic mass is 19.1. The second-order valence-corrected chi connectivity index (χ2v) is 11.9. The number of aromatic amines is 1. The van der Waals surface area contributed by atoms with Crippen LogP contribution in [0.5, 0.6) is 0 Å². The molecule has 2 aliphatic rings. The van der Waals surface area contributed by atoms with E-state index >= 15 is 0 Å². The van der Waals surface area contributed by atoms with E-state index in [9.17, 15) is 19.1 Å². The molecule has 1 aromatic heterocycles. The Balaban J connectivity index is 1.46. The minimum atomic E-state index is -0.647. The Hall–Kier alpha value is -3.10. The summed E-state index contributed by atoms with van der Waals surface area (Å²) < 4.78 is 15.9. The van der Waals surface area contributed by atoms with Gasteiger partial charge in [0.1, 0.15) is 11.6 Å². The Morgan fingerprint density at radius 3 is 2.41 bits per heavy atom. The highest BCUT2D eigenvalue weighted by Gasteiger charge is 2.31. The van der Waals surface area contributed by atoms with Crippen LogP contribution in [-0.4, -0.2) is 49.9 Å². The Labute approximate surface area is 228 Å². The number of hydrogen-bond acceptors (Lipinski definition) is 4. The Morgan fingerprint density at radius 1 is 1.05 bits per heavy atom. The fourth-order valence-corrected chi connectivity index (χ4v) is 6.31. The number of fused-ring (bicyclic) bond motifs is 1. The molecule has 2 heterocycles. The quantitative estimate of drug-likeness (QED) is 0.458. The minimum absolute atomic E-state index is 0.0868. The van der Waals surface area contributed by atoms with E-state index in [1.807, 2.05) is 19.9 Å². The van der Waals surface area contributed by atoms with Gasteiger partial charge in [-0.2, -0.15) is 4.99 Å². The molecule has 3 aromatic rings. The van der Waals surface area contributed by atoms with Crippen molar-refractivity contribution in [3.05, 3.63) is 65.0 Å². The molecule has 5 rings (SSSR count). The second kappa shape index (κ2) is 11.2. The van der Waals surface area contributed by atoms with Crippen molar-refractivity contribution >= 4 is 22.7 Å². The lowest BCUT2D eigenvalue weighted by atomic mass is 9.83. The molecule has 1 amide bonds. The molecule has 2 N–H and O–H groups in total. The predicted octanol–water partition coefficient (Wildman–Crippen LogP) is 5.15. The average Bonchev–Trinajstić information content (AvgIpc) is 3.25. The average molecular weight is 535 g/mol. The van der Waals surface area contributed by atoms with Crippen molar-refractivity contribution in [1.29, 1.82) is 0 Å². The number of aromatic nitrogens is 2. The number of aliphatic hydroxyl groups is 1. The third-order valence-electron chi connectivity index (χ3n) is 8.70. The molecule has 0 radical (unpaired) electrons. The lowest BCUT2D eigenvalue weighted by Gasteiger charge is -2.37. The molecule has 1 saturated heterocycles. The molecule has 0 atom stereocenters. The highest BCUT2D eigenvalue weighted by molar-refractivity contribution is 5.95. The van der Waals surface area contributed by atoms with Crippen molar-refractivity contribution < 1.29 is 19.1 Å². The molecule has 2 aromatic carbocycles. The Morgan fingerprint density at radius 2 is 1.77 bits per heavy atom. The number of H-pyrrole nitrogens is 1. The number of Topliss-reactive ketones (excluding diaryl/α,β-unsaturated/α-hetero) is 1. The predicted molar refractivity (Wildman–Crippen MR) is 149 cm³/mol. The van der Waals surface area contributed by atoms with Gasteiger partial charge in [0.2, 0.25) is 5.62 Å². The summed E-state index contributed by atoms with van der Waals surface area (Å²) in [6.07, 6.45) is 5.22. The molecule has 0 spiro atoms. The van der Waals surface area contributed by atoms with Crippen LogP contribution >= 0.6 is 0 Å². The van der Waals surface area contributed by atoms with Crippen molar-refractivity contribution in [2.45, 2.75) is 77.5 Å². The van der Waals surface area contributed by atoms with Crippen molar-refractivity contribution in [3.8, 4) is 0 Å². The summed E-state index contributed by atoms with van der Waals surface area (Å²) in [7, 11) is 0. The van der Waals surface area contributed by atoms with Crippen LogP contribution in [-0.2, 0) is 11.3 Å². The number of ketones is 1. The van der Waals surface area contributed by atoms with Crippen LogP contribution in [0.15, 0.2) is 47.5 Å². The summed E-state index contributed by atoms with van der Waals surface area (Å²) in [4.78, 5) is 35.2. The van der Waals surface area contributed by atoms with Gasteiger partial charge < -0.3 is 14.7 Å². The number of amides is 1. The van der Waals surface area contributed by atoms with Gasteiger partial charge in [-0.1, -0.05) is 12.1 Å². The monoisotopic (exact) mass is 534 g/mol. The molecule has 8 heteroatoms. The number of piperidine rings is 1. The first-order valence-corrected chi connectivity index (χ1v) is 14.1. The lowest BCUT2D eigenvalue weighted by Crippen LogP contribution is -2.41. The van der Waals surface area contributed by atoms with E-state index in [4.69, 9.17) is 0 Å². The molecular weight excluding hydrogens is 495 g/mol. The maximum Gasteiger partial charge on any atom is 0.280 e. The van der Waals surface area contributed by atoms with Gasteiger partial charge >= 0.3 is 0 Å². The van der Waals surface area contributed by atoms with Gasteiger partial charge in [-0.3, -0.25) is 14.5 Å². The zero-order valence-electron chi connectivity index (χ0n) is 23.1.